The van der Waals surface area contributed by atoms with Crippen molar-refractivity contribution in [2.75, 3.05) is 7.05 Å². The van der Waals surface area contributed by atoms with Crippen LogP contribution in [-0.2, 0) is 4.79 Å². The molecule has 0 fully saturated rings. The van der Waals surface area contributed by atoms with E-state index in [2.05, 4.69) is 29.8 Å². The lowest BCUT2D eigenvalue weighted by Crippen LogP contribution is -2.43. The predicted octanol–water partition coefficient (Wildman–Crippen LogP) is 2.42. The van der Waals surface area contributed by atoms with Crippen LogP contribution >= 0.6 is 15.9 Å². The maximum absolute atomic E-state index is 11.6. The largest absolute Gasteiger partial charge is 0.342 e. The van der Waals surface area contributed by atoms with Crippen molar-refractivity contribution >= 4 is 21.8 Å². The van der Waals surface area contributed by atoms with Crippen LogP contribution in [0.4, 0.5) is 0 Å². The van der Waals surface area contributed by atoms with Gasteiger partial charge in [-0.1, -0.05) is 22.9 Å². The number of hydrogen-bond acceptors (Lipinski definition) is 1. The summed E-state index contributed by atoms with van der Waals surface area (Å²) in [6, 6.07) is 0.314. The second-order valence-corrected chi connectivity index (χ2v) is 5.63. The van der Waals surface area contributed by atoms with E-state index in [1.165, 1.54) is 0 Å². The average Bonchev–Trinajstić information content (AvgIpc) is 1.98. The Morgan fingerprint density at radius 1 is 1.58 bits per heavy atom. The fourth-order valence-corrected chi connectivity index (χ4v) is 1.17. The van der Waals surface area contributed by atoms with Gasteiger partial charge in [-0.15, -0.1) is 0 Å². The van der Waals surface area contributed by atoms with Crippen LogP contribution in [-0.4, -0.2) is 28.2 Å². The van der Waals surface area contributed by atoms with Gasteiger partial charge in [-0.2, -0.15) is 0 Å². The number of rotatable bonds is 3. The Morgan fingerprint density at radius 3 is 2.25 bits per heavy atom. The molecule has 0 radical (unpaired) electrons. The van der Waals surface area contributed by atoms with Crippen LogP contribution in [0.2, 0.25) is 0 Å². The minimum Gasteiger partial charge on any atom is -0.342 e. The molecular weight excluding hydrogens is 218 g/mol. The van der Waals surface area contributed by atoms with Crippen molar-refractivity contribution in [2.24, 2.45) is 0 Å². The highest BCUT2D eigenvalue weighted by atomic mass is 79.9. The van der Waals surface area contributed by atoms with Gasteiger partial charge in [0.05, 0.1) is 4.32 Å². The Bertz CT molecular complexity index is 162. The van der Waals surface area contributed by atoms with Crippen molar-refractivity contribution in [3.63, 3.8) is 0 Å². The summed E-state index contributed by atoms with van der Waals surface area (Å²) in [6.45, 7) is 7.87. The van der Waals surface area contributed by atoms with Gasteiger partial charge < -0.3 is 4.90 Å². The molecule has 0 rings (SSSR count). The van der Waals surface area contributed by atoms with E-state index < -0.39 is 4.32 Å². The van der Waals surface area contributed by atoms with Crippen molar-refractivity contribution in [1.29, 1.82) is 0 Å². The van der Waals surface area contributed by atoms with Crippen molar-refractivity contribution in [2.45, 2.75) is 44.5 Å². The summed E-state index contributed by atoms with van der Waals surface area (Å²) in [5.41, 5.74) is 0. The first-order valence-corrected chi connectivity index (χ1v) is 5.06. The van der Waals surface area contributed by atoms with Crippen LogP contribution < -0.4 is 0 Å². The molecule has 0 aromatic heterocycles. The van der Waals surface area contributed by atoms with Gasteiger partial charge in [-0.25, -0.2) is 0 Å². The Labute approximate surface area is 83.4 Å². The van der Waals surface area contributed by atoms with Gasteiger partial charge in [0.1, 0.15) is 0 Å². The summed E-state index contributed by atoms with van der Waals surface area (Å²) < 4.78 is -0.439. The summed E-state index contributed by atoms with van der Waals surface area (Å²) in [5, 5.41) is 0. The topological polar surface area (TPSA) is 20.3 Å². The average molecular weight is 236 g/mol. The highest BCUT2D eigenvalue weighted by Crippen LogP contribution is 2.20. The van der Waals surface area contributed by atoms with E-state index in [0.717, 1.165) is 6.42 Å². The van der Waals surface area contributed by atoms with Crippen LogP contribution in [0.25, 0.3) is 0 Å². The molecule has 0 aliphatic heterocycles. The monoisotopic (exact) mass is 235 g/mol. The van der Waals surface area contributed by atoms with Gasteiger partial charge in [0, 0.05) is 13.1 Å². The molecular formula is C9H18BrNO. The minimum atomic E-state index is -0.439. The second kappa shape index (κ2) is 4.26. The molecule has 0 spiro atoms. The molecule has 0 bridgehead atoms. The van der Waals surface area contributed by atoms with Crippen LogP contribution in [0.1, 0.15) is 34.1 Å². The Morgan fingerprint density at radius 2 is 2.00 bits per heavy atom. The zero-order valence-corrected chi connectivity index (χ0v) is 10.1. The van der Waals surface area contributed by atoms with Crippen LogP contribution in [0, 0.1) is 0 Å². The van der Waals surface area contributed by atoms with Gasteiger partial charge in [0.25, 0.3) is 0 Å². The molecule has 3 heteroatoms. The molecule has 72 valence electrons. The number of amides is 1. The summed E-state index contributed by atoms with van der Waals surface area (Å²) in [4.78, 5) is 13.4. The maximum Gasteiger partial charge on any atom is 0.238 e. The number of carbonyl (C=O) groups is 1. The number of hydrogen-bond donors (Lipinski definition) is 0. The lowest BCUT2D eigenvalue weighted by Gasteiger charge is -2.29. The number of carbonyl (C=O) groups excluding carboxylic acids is 1. The lowest BCUT2D eigenvalue weighted by atomic mass is 10.1. The Kier molecular flexibility index (Phi) is 4.24. The second-order valence-electron chi connectivity index (χ2n) is 3.65. The smallest absolute Gasteiger partial charge is 0.238 e. The zero-order chi connectivity index (χ0) is 9.94. The Balaban J connectivity index is 4.30. The standard InChI is InChI=1S/C9H18BrNO/c1-6-7(2)11(5)8(12)9(3,4)10/h7H,6H2,1-5H3. The number of alkyl halides is 1. The van der Waals surface area contributed by atoms with Crippen molar-refractivity contribution < 1.29 is 4.79 Å². The summed E-state index contributed by atoms with van der Waals surface area (Å²) >= 11 is 3.35. The van der Waals surface area contributed by atoms with Gasteiger partial charge in [0.2, 0.25) is 5.91 Å². The summed E-state index contributed by atoms with van der Waals surface area (Å²) in [7, 11) is 1.85. The normalized spacial score (nSPS) is 14.2. The highest BCUT2D eigenvalue weighted by Gasteiger charge is 2.28. The molecule has 0 aromatic rings. The molecule has 0 aromatic carbocycles. The first-order chi connectivity index (χ1) is 5.30. The van der Waals surface area contributed by atoms with Crippen molar-refractivity contribution in [3.05, 3.63) is 0 Å². The maximum atomic E-state index is 11.6. The molecule has 0 aliphatic carbocycles. The third kappa shape index (κ3) is 3.13. The SMILES string of the molecule is CCC(C)N(C)C(=O)C(C)(C)Br. The van der Waals surface area contributed by atoms with E-state index in [1.54, 1.807) is 4.90 Å². The molecule has 1 atom stereocenters. The van der Waals surface area contributed by atoms with Crippen molar-refractivity contribution in [1.82, 2.24) is 4.90 Å². The first kappa shape index (κ1) is 11.9. The van der Waals surface area contributed by atoms with Gasteiger partial charge in [-0.3, -0.25) is 4.79 Å². The van der Waals surface area contributed by atoms with Gasteiger partial charge in [-0.05, 0) is 27.2 Å². The molecule has 2 nitrogen and oxygen atoms in total. The Hall–Kier alpha value is -0.0500. The molecule has 1 amide bonds. The molecule has 0 saturated carbocycles. The fraction of sp³-hybridized carbons (Fsp3) is 0.889. The zero-order valence-electron chi connectivity index (χ0n) is 8.52. The predicted molar refractivity (Wildman–Crippen MR) is 55.5 cm³/mol. The highest BCUT2D eigenvalue weighted by molar-refractivity contribution is 9.10. The van der Waals surface area contributed by atoms with Crippen LogP contribution in [0.15, 0.2) is 0 Å². The molecule has 0 saturated heterocycles. The van der Waals surface area contributed by atoms with E-state index >= 15 is 0 Å². The number of halogens is 1. The quantitative estimate of drug-likeness (QED) is 0.689. The van der Waals surface area contributed by atoms with E-state index in [-0.39, 0.29) is 5.91 Å². The van der Waals surface area contributed by atoms with Gasteiger partial charge >= 0.3 is 0 Å². The first-order valence-electron chi connectivity index (χ1n) is 4.26. The van der Waals surface area contributed by atoms with Crippen LogP contribution in [0.3, 0.4) is 0 Å². The number of nitrogens with zero attached hydrogens (tertiary/aromatic N) is 1. The third-order valence-electron chi connectivity index (χ3n) is 2.08. The minimum absolute atomic E-state index is 0.136. The van der Waals surface area contributed by atoms with Crippen LogP contribution in [0.5, 0.6) is 0 Å². The molecule has 0 heterocycles. The molecule has 0 N–H and O–H groups in total. The fourth-order valence-electron chi connectivity index (χ4n) is 0.893. The van der Waals surface area contributed by atoms with E-state index in [1.807, 2.05) is 20.9 Å². The third-order valence-corrected chi connectivity index (χ3v) is 2.42. The lowest BCUT2D eigenvalue weighted by molar-refractivity contribution is -0.133. The molecule has 1 unspecified atom stereocenters. The molecule has 0 aliphatic rings. The molecule has 12 heavy (non-hydrogen) atoms. The van der Waals surface area contributed by atoms with E-state index in [9.17, 15) is 4.79 Å². The summed E-state index contributed by atoms with van der Waals surface area (Å²) in [5.74, 6) is 0.136. The van der Waals surface area contributed by atoms with E-state index in [4.69, 9.17) is 0 Å². The van der Waals surface area contributed by atoms with Gasteiger partial charge in [0.15, 0.2) is 0 Å². The van der Waals surface area contributed by atoms with E-state index in [0.29, 0.717) is 6.04 Å². The summed E-state index contributed by atoms with van der Waals surface area (Å²) in [6.07, 6.45) is 0.991. The van der Waals surface area contributed by atoms with Crippen molar-refractivity contribution in [3.8, 4) is 0 Å².